The van der Waals surface area contributed by atoms with E-state index in [0.29, 0.717) is 0 Å². The highest BCUT2D eigenvalue weighted by Gasteiger charge is 2.28. The molecule has 0 bridgehead atoms. The Hall–Kier alpha value is -0.0400. The van der Waals surface area contributed by atoms with Gasteiger partial charge in [-0.15, -0.1) is 0 Å². The quantitative estimate of drug-likeness (QED) is 0.587. The summed E-state index contributed by atoms with van der Waals surface area (Å²) in [7, 11) is 0. The molecule has 1 aliphatic heterocycles. The van der Waals surface area contributed by atoms with Crippen LogP contribution in [0.25, 0.3) is 0 Å². The lowest BCUT2D eigenvalue weighted by molar-refractivity contribution is -0.0709. The molecule has 0 aliphatic carbocycles. The molecule has 0 aromatic carbocycles. The van der Waals surface area contributed by atoms with Gasteiger partial charge in [-0.3, -0.25) is 0 Å². The van der Waals surface area contributed by atoms with E-state index in [9.17, 15) is 0 Å². The summed E-state index contributed by atoms with van der Waals surface area (Å²) in [6.07, 6.45) is 1.31. The van der Waals surface area contributed by atoms with E-state index in [0.717, 1.165) is 31.0 Å². The van der Waals surface area contributed by atoms with E-state index < -0.39 is 0 Å². The van der Waals surface area contributed by atoms with Crippen LogP contribution in [0.2, 0.25) is 0 Å². The van der Waals surface area contributed by atoms with E-state index in [1.54, 1.807) is 0 Å². The Morgan fingerprint density at radius 2 is 2.00 bits per heavy atom. The molecule has 1 unspecified atom stereocenters. The zero-order chi connectivity index (χ0) is 7.56. The van der Waals surface area contributed by atoms with Crippen LogP contribution in [0.15, 0.2) is 0 Å². The third-order valence-electron chi connectivity index (χ3n) is 2.60. The molecule has 0 radical (unpaired) electrons. The molecule has 1 atom stereocenters. The second-order valence-corrected chi connectivity index (χ2v) is 3.61. The van der Waals surface area contributed by atoms with Gasteiger partial charge < -0.3 is 4.74 Å². The van der Waals surface area contributed by atoms with Gasteiger partial charge in [-0.1, -0.05) is 27.2 Å². The first-order chi connectivity index (χ1) is 4.75. The summed E-state index contributed by atoms with van der Waals surface area (Å²) in [6, 6.07) is 0. The van der Waals surface area contributed by atoms with Gasteiger partial charge in [0.15, 0.2) is 0 Å². The second-order valence-electron chi connectivity index (χ2n) is 3.61. The molecule has 0 saturated carbocycles. The van der Waals surface area contributed by atoms with Gasteiger partial charge in [0.1, 0.15) is 0 Å². The van der Waals surface area contributed by atoms with E-state index in [1.165, 1.54) is 6.42 Å². The lowest BCUT2D eigenvalue weighted by Crippen LogP contribution is -2.36. The lowest BCUT2D eigenvalue weighted by atomic mass is 9.80. The third kappa shape index (κ3) is 1.51. The van der Waals surface area contributed by atoms with Crippen LogP contribution >= 0.6 is 0 Å². The molecule has 0 spiro atoms. The summed E-state index contributed by atoms with van der Waals surface area (Å²) in [4.78, 5) is 0. The van der Waals surface area contributed by atoms with Gasteiger partial charge in [0, 0.05) is 5.92 Å². The van der Waals surface area contributed by atoms with Gasteiger partial charge >= 0.3 is 0 Å². The molecule has 1 aliphatic rings. The molecule has 1 saturated heterocycles. The van der Waals surface area contributed by atoms with E-state index in [4.69, 9.17) is 4.74 Å². The highest BCUT2D eigenvalue weighted by Crippen LogP contribution is 2.29. The van der Waals surface area contributed by atoms with Crippen LogP contribution in [0.1, 0.15) is 27.2 Å². The van der Waals surface area contributed by atoms with Crippen molar-refractivity contribution in [1.29, 1.82) is 0 Å². The normalized spacial score (nSPS) is 22.8. The van der Waals surface area contributed by atoms with Gasteiger partial charge in [-0.05, 0) is 11.8 Å². The molecule has 0 aromatic heterocycles. The molecule has 10 heavy (non-hydrogen) atoms. The Bertz CT molecular complexity index is 94.9. The Morgan fingerprint density at radius 1 is 1.40 bits per heavy atom. The number of hydrogen-bond donors (Lipinski definition) is 0. The first kappa shape index (κ1) is 8.06. The Kier molecular flexibility index (Phi) is 2.72. The molecular formula is C9H18O. The SMILES string of the molecule is CCC(C(C)C)C1COC1. The van der Waals surface area contributed by atoms with Gasteiger partial charge in [0.25, 0.3) is 0 Å². The summed E-state index contributed by atoms with van der Waals surface area (Å²) < 4.78 is 5.17. The third-order valence-corrected chi connectivity index (χ3v) is 2.60. The van der Waals surface area contributed by atoms with Crippen molar-refractivity contribution >= 4 is 0 Å². The van der Waals surface area contributed by atoms with E-state index in [2.05, 4.69) is 20.8 Å². The Labute approximate surface area is 63.8 Å². The average molecular weight is 142 g/mol. The minimum atomic E-state index is 0.832. The first-order valence-electron chi connectivity index (χ1n) is 4.33. The van der Waals surface area contributed by atoms with Gasteiger partial charge in [-0.2, -0.15) is 0 Å². The fourth-order valence-electron chi connectivity index (χ4n) is 1.85. The Morgan fingerprint density at radius 3 is 2.10 bits per heavy atom. The smallest absolute Gasteiger partial charge is 0.0519 e. The van der Waals surface area contributed by atoms with Crippen LogP contribution in [0, 0.1) is 17.8 Å². The topological polar surface area (TPSA) is 9.23 Å². The van der Waals surface area contributed by atoms with Crippen molar-refractivity contribution in [2.24, 2.45) is 17.8 Å². The van der Waals surface area contributed by atoms with Crippen LogP contribution in [-0.4, -0.2) is 13.2 Å². The van der Waals surface area contributed by atoms with Crippen molar-refractivity contribution in [2.75, 3.05) is 13.2 Å². The van der Waals surface area contributed by atoms with Crippen molar-refractivity contribution in [1.82, 2.24) is 0 Å². The van der Waals surface area contributed by atoms with Gasteiger partial charge in [-0.25, -0.2) is 0 Å². The van der Waals surface area contributed by atoms with Crippen molar-refractivity contribution in [2.45, 2.75) is 27.2 Å². The summed E-state index contributed by atoms with van der Waals surface area (Å²) >= 11 is 0. The maximum atomic E-state index is 5.17. The first-order valence-corrected chi connectivity index (χ1v) is 4.33. The minimum absolute atomic E-state index is 0.832. The lowest BCUT2D eigenvalue weighted by Gasteiger charge is -2.35. The fraction of sp³-hybridized carbons (Fsp3) is 1.00. The standard InChI is InChI=1S/C9H18O/c1-4-9(7(2)3)8-5-10-6-8/h7-9H,4-6H2,1-3H3. The summed E-state index contributed by atoms with van der Waals surface area (Å²) in [5.41, 5.74) is 0. The predicted octanol–water partition coefficient (Wildman–Crippen LogP) is 2.32. The molecule has 1 heteroatoms. The average Bonchev–Trinajstić information content (AvgIpc) is 1.76. The highest BCUT2D eigenvalue weighted by molar-refractivity contribution is 4.76. The van der Waals surface area contributed by atoms with E-state index in [1.807, 2.05) is 0 Å². The monoisotopic (exact) mass is 142 g/mol. The number of hydrogen-bond acceptors (Lipinski definition) is 1. The molecule has 0 aromatic rings. The largest absolute Gasteiger partial charge is 0.381 e. The van der Waals surface area contributed by atoms with Crippen molar-refractivity contribution < 1.29 is 4.74 Å². The maximum absolute atomic E-state index is 5.17. The van der Waals surface area contributed by atoms with Crippen LogP contribution in [-0.2, 0) is 4.74 Å². The van der Waals surface area contributed by atoms with Crippen LogP contribution in [0.3, 0.4) is 0 Å². The molecular weight excluding hydrogens is 124 g/mol. The van der Waals surface area contributed by atoms with Crippen molar-refractivity contribution in [3.63, 3.8) is 0 Å². The minimum Gasteiger partial charge on any atom is -0.381 e. The van der Waals surface area contributed by atoms with Gasteiger partial charge in [0.05, 0.1) is 13.2 Å². The van der Waals surface area contributed by atoms with Gasteiger partial charge in [0.2, 0.25) is 0 Å². The molecule has 0 N–H and O–H groups in total. The summed E-state index contributed by atoms with van der Waals surface area (Å²) in [6.45, 7) is 8.93. The maximum Gasteiger partial charge on any atom is 0.0519 e. The molecule has 1 fully saturated rings. The second kappa shape index (κ2) is 3.38. The van der Waals surface area contributed by atoms with Crippen LogP contribution in [0.5, 0.6) is 0 Å². The number of ether oxygens (including phenoxy) is 1. The fourth-order valence-corrected chi connectivity index (χ4v) is 1.85. The molecule has 60 valence electrons. The molecule has 1 nitrogen and oxygen atoms in total. The van der Waals surface area contributed by atoms with Crippen LogP contribution < -0.4 is 0 Å². The zero-order valence-electron chi connectivity index (χ0n) is 7.26. The summed E-state index contributed by atoms with van der Waals surface area (Å²) in [5, 5.41) is 0. The van der Waals surface area contributed by atoms with Crippen molar-refractivity contribution in [3.8, 4) is 0 Å². The Balaban J connectivity index is 2.31. The number of rotatable bonds is 3. The van der Waals surface area contributed by atoms with Crippen LogP contribution in [0.4, 0.5) is 0 Å². The molecule has 1 heterocycles. The highest BCUT2D eigenvalue weighted by atomic mass is 16.5. The van der Waals surface area contributed by atoms with E-state index in [-0.39, 0.29) is 0 Å². The van der Waals surface area contributed by atoms with Crippen molar-refractivity contribution in [3.05, 3.63) is 0 Å². The van der Waals surface area contributed by atoms with E-state index >= 15 is 0 Å². The summed E-state index contributed by atoms with van der Waals surface area (Å²) in [5.74, 6) is 2.60. The zero-order valence-corrected chi connectivity index (χ0v) is 7.26. The molecule has 1 rings (SSSR count). The predicted molar refractivity (Wildman–Crippen MR) is 42.9 cm³/mol. The molecule has 0 amide bonds.